The molecule has 0 radical (unpaired) electrons. The highest BCUT2D eigenvalue weighted by Gasteiger charge is 2.20. The summed E-state index contributed by atoms with van der Waals surface area (Å²) in [5, 5.41) is 8.00. The molecule has 1 fully saturated rings. The number of thiazole rings is 1. The molecule has 118 valence electrons. The molecular formula is C15H27N5S. The summed E-state index contributed by atoms with van der Waals surface area (Å²) >= 11 is 1.77. The molecule has 1 atom stereocenters. The Labute approximate surface area is 131 Å². The van der Waals surface area contributed by atoms with Crippen molar-refractivity contribution in [2.45, 2.75) is 26.7 Å². The third-order valence-electron chi connectivity index (χ3n) is 3.90. The molecule has 5 nitrogen and oxygen atoms in total. The fourth-order valence-corrected chi connectivity index (χ4v) is 3.42. The molecule has 0 bridgehead atoms. The number of rotatable bonds is 6. The van der Waals surface area contributed by atoms with Gasteiger partial charge in [0.25, 0.3) is 0 Å². The van der Waals surface area contributed by atoms with Crippen molar-refractivity contribution in [1.82, 2.24) is 20.5 Å². The fourth-order valence-electron chi connectivity index (χ4n) is 2.63. The lowest BCUT2D eigenvalue weighted by Gasteiger charge is -2.16. The first-order valence-electron chi connectivity index (χ1n) is 7.79. The summed E-state index contributed by atoms with van der Waals surface area (Å²) in [5.41, 5.74) is 0. The van der Waals surface area contributed by atoms with E-state index < -0.39 is 0 Å². The second-order valence-corrected chi connectivity index (χ2v) is 6.86. The smallest absolute Gasteiger partial charge is 0.191 e. The molecule has 1 aromatic heterocycles. The lowest BCUT2D eigenvalue weighted by atomic mass is 10.1. The highest BCUT2D eigenvalue weighted by atomic mass is 32.1. The molecule has 1 saturated heterocycles. The van der Waals surface area contributed by atoms with Crippen molar-refractivity contribution in [3.63, 3.8) is 0 Å². The Hall–Kier alpha value is -1.14. The first-order chi connectivity index (χ1) is 10.2. The molecule has 0 saturated carbocycles. The van der Waals surface area contributed by atoms with Crippen LogP contribution in [0.4, 0.5) is 0 Å². The van der Waals surface area contributed by atoms with Crippen LogP contribution in [-0.2, 0) is 6.42 Å². The summed E-state index contributed by atoms with van der Waals surface area (Å²) < 4.78 is 0. The highest BCUT2D eigenvalue weighted by Crippen LogP contribution is 2.14. The summed E-state index contributed by atoms with van der Waals surface area (Å²) in [7, 11) is 1.83. The molecule has 21 heavy (non-hydrogen) atoms. The normalized spacial score (nSPS) is 20.0. The maximum absolute atomic E-state index is 4.38. The summed E-state index contributed by atoms with van der Waals surface area (Å²) in [6.45, 7) is 9.81. The summed E-state index contributed by atoms with van der Waals surface area (Å²) in [4.78, 5) is 12.4. The predicted octanol–water partition coefficient (Wildman–Crippen LogP) is 1.50. The minimum Gasteiger partial charge on any atom is -0.356 e. The second-order valence-electron chi connectivity index (χ2n) is 5.54. The molecule has 6 heteroatoms. The van der Waals surface area contributed by atoms with Crippen molar-refractivity contribution in [2.75, 3.05) is 39.8 Å². The van der Waals surface area contributed by atoms with Crippen LogP contribution in [0, 0.1) is 12.8 Å². The van der Waals surface area contributed by atoms with E-state index in [1.165, 1.54) is 29.4 Å². The number of aromatic nitrogens is 1. The molecule has 2 N–H and O–H groups in total. The van der Waals surface area contributed by atoms with Gasteiger partial charge in [0.15, 0.2) is 5.96 Å². The lowest BCUT2D eigenvalue weighted by molar-refractivity contribution is 0.342. The Bertz CT molecular complexity index is 457. The minimum atomic E-state index is 0.741. The molecule has 1 aliphatic heterocycles. The number of likely N-dealkylation sites (tertiary alicyclic amines) is 1. The van der Waals surface area contributed by atoms with Crippen molar-refractivity contribution in [2.24, 2.45) is 10.9 Å². The van der Waals surface area contributed by atoms with Gasteiger partial charge in [-0.15, -0.1) is 11.3 Å². The largest absolute Gasteiger partial charge is 0.356 e. The van der Waals surface area contributed by atoms with Gasteiger partial charge in [0.1, 0.15) is 0 Å². The Balaban J connectivity index is 1.64. The average Bonchev–Trinajstić information content (AvgIpc) is 3.11. The van der Waals surface area contributed by atoms with Crippen molar-refractivity contribution in [3.05, 3.63) is 16.1 Å². The fraction of sp³-hybridized carbons (Fsp3) is 0.733. The number of nitrogens with zero attached hydrogens (tertiary/aromatic N) is 3. The molecule has 2 heterocycles. The van der Waals surface area contributed by atoms with Gasteiger partial charge in [-0.3, -0.25) is 4.99 Å². The van der Waals surface area contributed by atoms with Crippen LogP contribution in [0.3, 0.4) is 0 Å². The van der Waals surface area contributed by atoms with Crippen LogP contribution < -0.4 is 10.6 Å². The van der Waals surface area contributed by atoms with Crippen LogP contribution in [0.2, 0.25) is 0 Å². The maximum Gasteiger partial charge on any atom is 0.191 e. The van der Waals surface area contributed by atoms with Crippen LogP contribution >= 0.6 is 11.3 Å². The summed E-state index contributed by atoms with van der Waals surface area (Å²) in [6.07, 6.45) is 4.18. The van der Waals surface area contributed by atoms with Crippen molar-refractivity contribution in [3.8, 4) is 0 Å². The van der Waals surface area contributed by atoms with E-state index in [-0.39, 0.29) is 0 Å². The van der Waals surface area contributed by atoms with Crippen LogP contribution in [-0.4, -0.2) is 55.6 Å². The van der Waals surface area contributed by atoms with E-state index >= 15 is 0 Å². The number of aryl methyl sites for hydroxylation is 1. The van der Waals surface area contributed by atoms with Crippen molar-refractivity contribution >= 4 is 17.3 Å². The first-order valence-corrected chi connectivity index (χ1v) is 8.61. The van der Waals surface area contributed by atoms with Gasteiger partial charge in [0.05, 0.1) is 5.01 Å². The maximum atomic E-state index is 4.38. The number of guanidine groups is 1. The van der Waals surface area contributed by atoms with E-state index in [9.17, 15) is 0 Å². The molecule has 1 aromatic rings. The lowest BCUT2D eigenvalue weighted by Crippen LogP contribution is -2.41. The van der Waals surface area contributed by atoms with E-state index in [2.05, 4.69) is 39.4 Å². The molecule has 0 amide bonds. The molecule has 2 rings (SSSR count). The zero-order valence-corrected chi connectivity index (χ0v) is 14.2. The van der Waals surface area contributed by atoms with E-state index in [4.69, 9.17) is 0 Å². The topological polar surface area (TPSA) is 52.5 Å². The van der Waals surface area contributed by atoms with Crippen LogP contribution in [0.1, 0.15) is 23.2 Å². The molecule has 1 unspecified atom stereocenters. The van der Waals surface area contributed by atoms with E-state index in [1.54, 1.807) is 11.3 Å². The first kappa shape index (κ1) is 16.2. The zero-order chi connectivity index (χ0) is 15.1. The predicted molar refractivity (Wildman–Crippen MR) is 90.1 cm³/mol. The average molecular weight is 309 g/mol. The Kier molecular flexibility index (Phi) is 6.45. The van der Waals surface area contributed by atoms with Gasteiger partial charge >= 0.3 is 0 Å². The second kappa shape index (κ2) is 8.34. The molecule has 0 aliphatic carbocycles. The van der Waals surface area contributed by atoms with Gasteiger partial charge in [0, 0.05) is 44.2 Å². The zero-order valence-electron chi connectivity index (χ0n) is 13.4. The van der Waals surface area contributed by atoms with Gasteiger partial charge < -0.3 is 15.5 Å². The molecule has 0 aromatic carbocycles. The standard InChI is InChI=1S/C15H27N5S/c1-4-20-8-6-13(11-20)10-19-15(16-3)17-7-5-14-18-9-12(2)21-14/h9,13H,4-8,10-11H2,1-3H3,(H2,16,17,19). The Morgan fingerprint density at radius 2 is 2.38 bits per heavy atom. The number of aliphatic imine (C=N–C) groups is 1. The Morgan fingerprint density at radius 3 is 3.00 bits per heavy atom. The Morgan fingerprint density at radius 1 is 1.52 bits per heavy atom. The van der Waals surface area contributed by atoms with Gasteiger partial charge in [-0.1, -0.05) is 6.92 Å². The third-order valence-corrected chi connectivity index (χ3v) is 4.87. The van der Waals surface area contributed by atoms with Crippen LogP contribution in [0.5, 0.6) is 0 Å². The van der Waals surface area contributed by atoms with E-state index in [0.717, 1.165) is 37.9 Å². The number of nitrogens with one attached hydrogen (secondary N) is 2. The third kappa shape index (κ3) is 5.28. The van der Waals surface area contributed by atoms with Crippen LogP contribution in [0.15, 0.2) is 11.2 Å². The SMILES string of the molecule is CCN1CCC(CNC(=NC)NCCc2ncc(C)s2)C1. The number of hydrogen-bond donors (Lipinski definition) is 2. The highest BCUT2D eigenvalue weighted by molar-refractivity contribution is 7.11. The molecular weight excluding hydrogens is 282 g/mol. The van der Waals surface area contributed by atoms with Crippen molar-refractivity contribution in [1.29, 1.82) is 0 Å². The van der Waals surface area contributed by atoms with E-state index in [1.807, 2.05) is 13.2 Å². The van der Waals surface area contributed by atoms with Gasteiger partial charge in [-0.25, -0.2) is 4.98 Å². The quantitative estimate of drug-likeness (QED) is 0.618. The monoisotopic (exact) mass is 309 g/mol. The summed E-state index contributed by atoms with van der Waals surface area (Å²) in [6, 6.07) is 0. The van der Waals surface area contributed by atoms with Gasteiger partial charge in [0.2, 0.25) is 0 Å². The van der Waals surface area contributed by atoms with E-state index in [0.29, 0.717) is 0 Å². The van der Waals surface area contributed by atoms with Gasteiger partial charge in [-0.05, 0) is 32.4 Å². The molecule has 1 aliphatic rings. The molecule has 0 spiro atoms. The minimum absolute atomic E-state index is 0.741. The van der Waals surface area contributed by atoms with Crippen molar-refractivity contribution < 1.29 is 0 Å². The van der Waals surface area contributed by atoms with Crippen LogP contribution in [0.25, 0.3) is 0 Å². The van der Waals surface area contributed by atoms with Gasteiger partial charge in [-0.2, -0.15) is 0 Å². The number of hydrogen-bond acceptors (Lipinski definition) is 4. The summed E-state index contributed by atoms with van der Waals surface area (Å²) in [5.74, 6) is 1.64.